The lowest BCUT2D eigenvalue weighted by Gasteiger charge is -2.13. The Bertz CT molecular complexity index is 1350. The number of carbonyl (C=O) groups is 3. The number of benzene rings is 3. The highest BCUT2D eigenvalue weighted by Gasteiger charge is 2.20. The van der Waals surface area contributed by atoms with Crippen LogP contribution in [-0.2, 0) is 14.3 Å². The highest BCUT2D eigenvalue weighted by Crippen LogP contribution is 2.31. The summed E-state index contributed by atoms with van der Waals surface area (Å²) in [5.41, 5.74) is 2.39. The van der Waals surface area contributed by atoms with Gasteiger partial charge >= 0.3 is 17.9 Å². The summed E-state index contributed by atoms with van der Waals surface area (Å²) in [6, 6.07) is 18.6. The smallest absolute Gasteiger partial charge is 0.347 e. The number of esters is 3. The van der Waals surface area contributed by atoms with Gasteiger partial charge in [0.25, 0.3) is 0 Å². The van der Waals surface area contributed by atoms with Crippen molar-refractivity contribution in [1.82, 2.24) is 0 Å². The van der Waals surface area contributed by atoms with Gasteiger partial charge in [-0.25, -0.2) is 14.4 Å². The van der Waals surface area contributed by atoms with Crippen molar-refractivity contribution in [3.8, 4) is 22.6 Å². The molecule has 8 heteroatoms. The molecule has 0 radical (unpaired) electrons. The molecule has 0 heterocycles. The van der Waals surface area contributed by atoms with Crippen molar-refractivity contribution in [3.63, 3.8) is 0 Å². The summed E-state index contributed by atoms with van der Waals surface area (Å²) in [5.74, 6) is -0.855. The fourth-order valence-corrected chi connectivity index (χ4v) is 4.82. The van der Waals surface area contributed by atoms with Gasteiger partial charge in [-0.15, -0.1) is 0 Å². The second-order valence-corrected chi connectivity index (χ2v) is 11.4. The minimum Gasteiger partial charge on any atom is -0.492 e. The van der Waals surface area contributed by atoms with E-state index >= 15 is 0 Å². The zero-order valence-electron chi connectivity index (χ0n) is 26.6. The van der Waals surface area contributed by atoms with Crippen molar-refractivity contribution in [2.45, 2.75) is 91.1 Å². The van der Waals surface area contributed by atoms with Crippen molar-refractivity contribution in [3.05, 3.63) is 82.9 Å². The van der Waals surface area contributed by atoms with Crippen molar-refractivity contribution < 1.29 is 33.3 Å². The molecule has 3 aromatic carbocycles. The van der Waals surface area contributed by atoms with E-state index in [1.807, 2.05) is 30.3 Å². The monoisotopic (exact) mass is 636 g/mol. The fraction of sp³-hybridized carbons (Fsp3) is 0.432. The number of halogens is 1. The molecule has 1 unspecified atom stereocenters. The van der Waals surface area contributed by atoms with Gasteiger partial charge in [0.2, 0.25) is 0 Å². The van der Waals surface area contributed by atoms with E-state index in [-0.39, 0.29) is 11.3 Å². The van der Waals surface area contributed by atoms with Gasteiger partial charge in [0.05, 0.1) is 29.4 Å². The molecule has 0 aromatic heterocycles. The highest BCUT2D eigenvalue weighted by molar-refractivity contribution is 6.32. The topological polar surface area (TPSA) is 88.1 Å². The van der Waals surface area contributed by atoms with Gasteiger partial charge in [0.1, 0.15) is 11.5 Å². The van der Waals surface area contributed by atoms with Crippen LogP contribution in [-0.4, -0.2) is 37.2 Å². The standard InChI is InChI=1S/C37H45ClO7/c1-4-6-8-10-11-13-24-42-34-23-20-31(26-33(34)38)28-14-16-29(17-15-28)37(41)45-32-21-18-30(19-22-32)36(40)44-27(3)35(39)43-25-12-9-7-5-2/h14-23,26-27H,4-13,24-25H2,1-3H3. The molecule has 0 saturated carbocycles. The van der Waals surface area contributed by atoms with Crippen LogP contribution in [0.15, 0.2) is 66.7 Å². The number of rotatable bonds is 19. The summed E-state index contributed by atoms with van der Waals surface area (Å²) in [5, 5.41) is 0.543. The van der Waals surface area contributed by atoms with Crippen molar-refractivity contribution in [1.29, 1.82) is 0 Å². The molecule has 0 saturated heterocycles. The molecule has 242 valence electrons. The van der Waals surface area contributed by atoms with E-state index in [2.05, 4.69) is 13.8 Å². The molecule has 3 rings (SSSR count). The molecular formula is C37H45ClO7. The molecule has 0 aliphatic carbocycles. The van der Waals surface area contributed by atoms with E-state index < -0.39 is 24.0 Å². The Labute approximate surface area is 272 Å². The first-order valence-electron chi connectivity index (χ1n) is 16.0. The van der Waals surface area contributed by atoms with Gasteiger partial charge < -0.3 is 18.9 Å². The van der Waals surface area contributed by atoms with Gasteiger partial charge in [-0.2, -0.15) is 0 Å². The van der Waals surface area contributed by atoms with Crippen LogP contribution in [0.1, 0.15) is 106 Å². The Morgan fingerprint density at radius 1 is 0.667 bits per heavy atom. The third-order valence-corrected chi connectivity index (χ3v) is 7.60. The Kier molecular flexibility index (Phi) is 15.5. The van der Waals surface area contributed by atoms with E-state index in [1.54, 1.807) is 12.1 Å². The molecule has 7 nitrogen and oxygen atoms in total. The molecular weight excluding hydrogens is 592 g/mol. The Morgan fingerprint density at radius 2 is 1.22 bits per heavy atom. The molecule has 45 heavy (non-hydrogen) atoms. The first kappa shape index (κ1) is 35.6. The molecule has 3 aromatic rings. The lowest BCUT2D eigenvalue weighted by Crippen LogP contribution is -2.26. The first-order chi connectivity index (χ1) is 21.8. The van der Waals surface area contributed by atoms with Crippen molar-refractivity contribution in [2.75, 3.05) is 13.2 Å². The van der Waals surface area contributed by atoms with Gasteiger partial charge in [0.15, 0.2) is 6.10 Å². The summed E-state index contributed by atoms with van der Waals surface area (Å²) in [6.07, 6.45) is 10.1. The normalized spacial score (nSPS) is 11.5. The van der Waals surface area contributed by atoms with Crippen LogP contribution in [0.3, 0.4) is 0 Å². The predicted molar refractivity (Wildman–Crippen MR) is 177 cm³/mol. The van der Waals surface area contributed by atoms with Crippen LogP contribution in [0.4, 0.5) is 0 Å². The van der Waals surface area contributed by atoms with Crippen LogP contribution in [0.5, 0.6) is 11.5 Å². The number of unbranched alkanes of at least 4 members (excludes halogenated alkanes) is 8. The minimum atomic E-state index is -1.03. The third-order valence-electron chi connectivity index (χ3n) is 7.30. The number of carbonyl (C=O) groups excluding carboxylic acids is 3. The number of hydrogen-bond acceptors (Lipinski definition) is 7. The Morgan fingerprint density at radius 3 is 1.89 bits per heavy atom. The second kappa shape index (κ2) is 19.5. The lowest BCUT2D eigenvalue weighted by atomic mass is 10.0. The quantitative estimate of drug-likeness (QED) is 0.0735. The molecule has 0 aliphatic heterocycles. The van der Waals surface area contributed by atoms with E-state index in [0.717, 1.165) is 49.7 Å². The van der Waals surface area contributed by atoms with E-state index in [0.29, 0.717) is 29.5 Å². The fourth-order valence-electron chi connectivity index (χ4n) is 4.58. The predicted octanol–water partition coefficient (Wildman–Crippen LogP) is 9.63. The molecule has 0 N–H and O–H groups in total. The summed E-state index contributed by atoms with van der Waals surface area (Å²) in [6.45, 7) is 6.74. The van der Waals surface area contributed by atoms with E-state index in [4.69, 9.17) is 30.5 Å². The lowest BCUT2D eigenvalue weighted by molar-refractivity contribution is -0.153. The largest absolute Gasteiger partial charge is 0.492 e. The van der Waals surface area contributed by atoms with E-state index in [9.17, 15) is 14.4 Å². The van der Waals surface area contributed by atoms with Gasteiger partial charge in [-0.05, 0) is 79.4 Å². The number of ether oxygens (including phenoxy) is 4. The molecule has 0 fully saturated rings. The summed E-state index contributed by atoms with van der Waals surface area (Å²) >= 11 is 6.49. The minimum absolute atomic E-state index is 0.222. The first-order valence-corrected chi connectivity index (χ1v) is 16.4. The summed E-state index contributed by atoms with van der Waals surface area (Å²) in [7, 11) is 0. The highest BCUT2D eigenvalue weighted by atomic mass is 35.5. The molecule has 0 spiro atoms. The Balaban J connectivity index is 1.47. The van der Waals surface area contributed by atoms with Crippen LogP contribution in [0.25, 0.3) is 11.1 Å². The van der Waals surface area contributed by atoms with Gasteiger partial charge in [-0.1, -0.05) is 95.0 Å². The van der Waals surface area contributed by atoms with Crippen molar-refractivity contribution >= 4 is 29.5 Å². The SMILES string of the molecule is CCCCCCCCOc1ccc(-c2ccc(C(=O)Oc3ccc(C(=O)OC(C)C(=O)OCCCCCC)cc3)cc2)cc1Cl. The second-order valence-electron chi connectivity index (χ2n) is 11.0. The molecule has 0 bridgehead atoms. The van der Waals surface area contributed by atoms with Crippen LogP contribution < -0.4 is 9.47 Å². The summed E-state index contributed by atoms with van der Waals surface area (Å²) in [4.78, 5) is 37.3. The van der Waals surface area contributed by atoms with Crippen LogP contribution >= 0.6 is 11.6 Å². The van der Waals surface area contributed by atoms with Crippen molar-refractivity contribution in [2.24, 2.45) is 0 Å². The van der Waals surface area contributed by atoms with Gasteiger partial charge in [0, 0.05) is 0 Å². The maximum atomic E-state index is 12.7. The third kappa shape index (κ3) is 12.2. The average molecular weight is 637 g/mol. The maximum Gasteiger partial charge on any atom is 0.347 e. The zero-order chi connectivity index (χ0) is 32.4. The van der Waals surface area contributed by atoms with E-state index in [1.165, 1.54) is 56.9 Å². The zero-order valence-corrected chi connectivity index (χ0v) is 27.4. The Hall–Kier alpha value is -3.84. The van der Waals surface area contributed by atoms with Crippen LogP contribution in [0.2, 0.25) is 5.02 Å². The maximum absolute atomic E-state index is 12.7. The molecule has 0 amide bonds. The molecule has 0 aliphatic rings. The van der Waals surface area contributed by atoms with Crippen LogP contribution in [0, 0.1) is 0 Å². The number of hydrogen-bond donors (Lipinski definition) is 0. The molecule has 1 atom stereocenters. The summed E-state index contributed by atoms with van der Waals surface area (Å²) < 4.78 is 21.8. The average Bonchev–Trinajstić information content (AvgIpc) is 3.05. The van der Waals surface area contributed by atoms with Gasteiger partial charge in [-0.3, -0.25) is 0 Å².